The standard InChI is InChI=1S/C19H8F7NO4S/c20-11-10(7-2-1-3-8(6-7)31-19(24,25)26)12(21)14(23)15(13(11)22)27-17(28)9-4-5-32-16(9)18(29)30/h1-6H,(H,27,28)(H,29,30)/i2D,3D,6D. The highest BCUT2D eigenvalue weighted by molar-refractivity contribution is 7.12. The molecule has 3 rings (SSSR count). The normalized spacial score (nSPS) is 12.7. The summed E-state index contributed by atoms with van der Waals surface area (Å²) in [5.74, 6) is -13.7. The van der Waals surface area contributed by atoms with Gasteiger partial charge in [-0.25, -0.2) is 22.4 Å². The van der Waals surface area contributed by atoms with Crippen LogP contribution < -0.4 is 10.1 Å². The van der Waals surface area contributed by atoms with Gasteiger partial charge < -0.3 is 15.2 Å². The summed E-state index contributed by atoms with van der Waals surface area (Å²) >= 11 is 0.575. The highest BCUT2D eigenvalue weighted by Crippen LogP contribution is 2.37. The Morgan fingerprint density at radius 1 is 1.06 bits per heavy atom. The summed E-state index contributed by atoms with van der Waals surface area (Å²) in [7, 11) is 0. The summed E-state index contributed by atoms with van der Waals surface area (Å²) < 4.78 is 123. The molecular weight excluding hydrogens is 471 g/mol. The van der Waals surface area contributed by atoms with Crippen molar-refractivity contribution in [2.75, 3.05) is 5.32 Å². The van der Waals surface area contributed by atoms with Crippen LogP contribution in [0.25, 0.3) is 11.1 Å². The average molecular weight is 482 g/mol. The maximum absolute atomic E-state index is 14.8. The summed E-state index contributed by atoms with van der Waals surface area (Å²) in [5.41, 5.74) is -5.41. The van der Waals surface area contributed by atoms with Crippen molar-refractivity contribution in [3.63, 3.8) is 0 Å². The van der Waals surface area contributed by atoms with E-state index in [2.05, 4.69) is 4.74 Å². The molecule has 0 saturated heterocycles. The van der Waals surface area contributed by atoms with Gasteiger partial charge in [-0.2, -0.15) is 0 Å². The van der Waals surface area contributed by atoms with Crippen LogP contribution in [0.5, 0.6) is 5.75 Å². The van der Waals surface area contributed by atoms with Gasteiger partial charge in [0.05, 0.1) is 15.2 Å². The van der Waals surface area contributed by atoms with Crippen LogP contribution in [-0.2, 0) is 0 Å². The van der Waals surface area contributed by atoms with Crippen LogP contribution in [0.4, 0.5) is 36.4 Å². The number of anilines is 1. The minimum Gasteiger partial charge on any atom is -0.477 e. The van der Waals surface area contributed by atoms with Crippen molar-refractivity contribution in [3.05, 3.63) is 69.3 Å². The molecule has 0 fully saturated rings. The van der Waals surface area contributed by atoms with E-state index in [1.807, 2.05) is 0 Å². The Morgan fingerprint density at radius 2 is 1.69 bits per heavy atom. The van der Waals surface area contributed by atoms with E-state index in [0.29, 0.717) is 17.4 Å². The second-order valence-electron chi connectivity index (χ2n) is 5.74. The summed E-state index contributed by atoms with van der Waals surface area (Å²) in [6.45, 7) is 0. The zero-order valence-corrected chi connectivity index (χ0v) is 15.8. The lowest BCUT2D eigenvalue weighted by Gasteiger charge is -2.14. The van der Waals surface area contributed by atoms with E-state index in [1.54, 1.807) is 0 Å². The Labute approximate surface area is 181 Å². The SMILES string of the molecule is [2H]c1cc([2H])c(-c2c(F)c(F)c(NC(=O)c3ccsc3C(=O)O)c(F)c2F)c([2H])c1OC(F)(F)F. The molecule has 0 atom stereocenters. The van der Waals surface area contributed by atoms with Gasteiger partial charge in [0.2, 0.25) is 0 Å². The third-order valence-electron chi connectivity index (χ3n) is 3.73. The number of ether oxygens (including phenoxy) is 1. The highest BCUT2D eigenvalue weighted by Gasteiger charge is 2.32. The van der Waals surface area contributed by atoms with Gasteiger partial charge in [-0.15, -0.1) is 24.5 Å². The summed E-state index contributed by atoms with van der Waals surface area (Å²) in [4.78, 5) is 22.8. The Balaban J connectivity index is 2.18. The molecule has 2 aromatic carbocycles. The number of aromatic carboxylic acids is 1. The van der Waals surface area contributed by atoms with E-state index in [9.17, 15) is 40.3 Å². The van der Waals surface area contributed by atoms with E-state index >= 15 is 0 Å². The van der Waals surface area contributed by atoms with Crippen molar-refractivity contribution in [2.24, 2.45) is 0 Å². The van der Waals surface area contributed by atoms with Crippen molar-refractivity contribution in [3.8, 4) is 16.9 Å². The lowest BCUT2D eigenvalue weighted by atomic mass is 10.0. The minimum atomic E-state index is -5.45. The quantitative estimate of drug-likeness (QED) is 0.355. The number of hydrogen-bond donors (Lipinski definition) is 2. The first-order valence-electron chi connectivity index (χ1n) is 9.50. The van der Waals surface area contributed by atoms with E-state index in [0.717, 1.165) is 11.4 Å². The number of alkyl halides is 3. The van der Waals surface area contributed by atoms with Crippen LogP contribution >= 0.6 is 11.3 Å². The zero-order valence-electron chi connectivity index (χ0n) is 18.0. The van der Waals surface area contributed by atoms with Gasteiger partial charge in [0.15, 0.2) is 23.3 Å². The highest BCUT2D eigenvalue weighted by atomic mass is 32.1. The number of amides is 1. The Hall–Kier alpha value is -3.61. The summed E-state index contributed by atoms with van der Waals surface area (Å²) in [6.07, 6.45) is -5.45. The van der Waals surface area contributed by atoms with Gasteiger partial charge in [0.1, 0.15) is 16.3 Å². The first-order chi connectivity index (χ1) is 16.2. The van der Waals surface area contributed by atoms with E-state index in [-0.39, 0.29) is 0 Å². The van der Waals surface area contributed by atoms with E-state index < -0.39 is 92.6 Å². The Morgan fingerprint density at radius 3 is 2.25 bits per heavy atom. The maximum atomic E-state index is 14.8. The minimum absolute atomic E-state index is 0.308. The number of halogens is 7. The molecule has 0 aliphatic rings. The van der Waals surface area contributed by atoms with Crippen LogP contribution in [0.1, 0.15) is 24.1 Å². The molecule has 5 nitrogen and oxygen atoms in total. The molecule has 168 valence electrons. The molecular formula is C19H8F7NO4S. The van der Waals surface area contributed by atoms with Gasteiger partial charge in [0, 0.05) is 0 Å². The second-order valence-corrected chi connectivity index (χ2v) is 6.65. The number of carbonyl (C=O) groups is 2. The predicted octanol–water partition coefficient (Wildman–Crippen LogP) is 5.82. The number of hydrogen-bond acceptors (Lipinski definition) is 4. The molecule has 0 bridgehead atoms. The number of carboxylic acids is 1. The number of carboxylic acid groups (broad SMARTS) is 1. The third-order valence-corrected chi connectivity index (χ3v) is 4.63. The number of nitrogens with one attached hydrogen (secondary N) is 1. The third kappa shape index (κ3) is 4.51. The van der Waals surface area contributed by atoms with Crippen LogP contribution in [0, 0.1) is 23.3 Å². The Bertz CT molecular complexity index is 1350. The van der Waals surface area contributed by atoms with Gasteiger partial charge >= 0.3 is 12.3 Å². The van der Waals surface area contributed by atoms with Crippen LogP contribution in [0.3, 0.4) is 0 Å². The topological polar surface area (TPSA) is 75.6 Å². The molecule has 3 aromatic rings. The molecule has 1 amide bonds. The first kappa shape index (κ1) is 19.1. The summed E-state index contributed by atoms with van der Waals surface area (Å²) in [6, 6.07) is -2.59. The van der Waals surface area contributed by atoms with Gasteiger partial charge in [-0.3, -0.25) is 4.79 Å². The fourth-order valence-corrected chi connectivity index (χ4v) is 3.19. The number of carbonyl (C=O) groups excluding carboxylic acids is 1. The number of thiophene rings is 1. The molecule has 0 radical (unpaired) electrons. The Kier molecular flexibility index (Phi) is 5.07. The van der Waals surface area contributed by atoms with Crippen LogP contribution in [0.15, 0.2) is 35.6 Å². The monoisotopic (exact) mass is 482 g/mol. The molecule has 32 heavy (non-hydrogen) atoms. The lowest BCUT2D eigenvalue weighted by Crippen LogP contribution is -2.18. The largest absolute Gasteiger partial charge is 0.573 e. The predicted molar refractivity (Wildman–Crippen MR) is 97.6 cm³/mol. The lowest BCUT2D eigenvalue weighted by molar-refractivity contribution is -0.274. The molecule has 13 heteroatoms. The first-order valence-corrected chi connectivity index (χ1v) is 8.88. The molecule has 0 aliphatic heterocycles. The molecule has 1 aromatic heterocycles. The molecule has 0 saturated carbocycles. The van der Waals surface area contributed by atoms with Crippen molar-refractivity contribution in [1.29, 1.82) is 0 Å². The second kappa shape index (κ2) is 8.49. The molecule has 2 N–H and O–H groups in total. The van der Waals surface area contributed by atoms with Crippen molar-refractivity contribution in [2.45, 2.75) is 6.36 Å². The summed E-state index contributed by atoms with van der Waals surface area (Å²) in [5, 5.41) is 11.7. The molecule has 0 spiro atoms. The van der Waals surface area contributed by atoms with E-state index in [4.69, 9.17) is 9.22 Å². The molecule has 1 heterocycles. The van der Waals surface area contributed by atoms with Crippen LogP contribution in [0.2, 0.25) is 0 Å². The fourth-order valence-electron chi connectivity index (χ4n) is 2.46. The van der Waals surface area contributed by atoms with Gasteiger partial charge in [-0.1, -0.05) is 12.1 Å². The smallest absolute Gasteiger partial charge is 0.477 e. The van der Waals surface area contributed by atoms with Gasteiger partial charge in [-0.05, 0) is 29.1 Å². The average Bonchev–Trinajstić information content (AvgIpc) is 3.25. The van der Waals surface area contributed by atoms with Crippen molar-refractivity contribution in [1.82, 2.24) is 0 Å². The zero-order chi connectivity index (χ0) is 26.4. The van der Waals surface area contributed by atoms with Crippen molar-refractivity contribution >= 4 is 28.9 Å². The van der Waals surface area contributed by atoms with Gasteiger partial charge in [0.25, 0.3) is 5.91 Å². The van der Waals surface area contributed by atoms with Crippen molar-refractivity contribution < 1.29 is 54.3 Å². The van der Waals surface area contributed by atoms with E-state index in [1.165, 1.54) is 5.32 Å². The maximum Gasteiger partial charge on any atom is 0.573 e. The molecule has 0 unspecified atom stereocenters. The number of benzene rings is 2. The molecule has 0 aliphatic carbocycles. The fraction of sp³-hybridized carbons (Fsp3) is 0.0526. The van der Waals surface area contributed by atoms with Crippen LogP contribution in [-0.4, -0.2) is 23.3 Å². The number of rotatable bonds is 5.